The highest BCUT2D eigenvalue weighted by molar-refractivity contribution is 7.55. The van der Waals surface area contributed by atoms with Crippen molar-refractivity contribution in [3.8, 4) is 0 Å². The summed E-state index contributed by atoms with van der Waals surface area (Å²) in [5.41, 5.74) is -2.42. The van der Waals surface area contributed by atoms with Crippen molar-refractivity contribution in [1.29, 1.82) is 0 Å². The van der Waals surface area contributed by atoms with Crippen LogP contribution >= 0.6 is 7.60 Å². The Balaban J connectivity index is 2.78. The van der Waals surface area contributed by atoms with Crippen LogP contribution in [0.1, 0.15) is 100 Å². The molecule has 1 fully saturated rings. The molecular formula is C25H45O7P. The summed E-state index contributed by atoms with van der Waals surface area (Å²) in [7, 11) is -3.95. The molecule has 0 saturated heterocycles. The standard InChI is InChI=1S/C25H45O7P/c1-9-29-33(28,32-19(2)24(3,4)5)22(25(6,7)8)23(27)31-30-21(26)18-14-13-17-20-15-11-10-12-16-20/h14,18-20,22H,9-13,15-17H2,1-8H3/b18-14+. The van der Waals surface area contributed by atoms with Gasteiger partial charge in [0.1, 0.15) is 0 Å². The second-order valence-electron chi connectivity index (χ2n) is 11.1. The molecule has 0 aromatic rings. The van der Waals surface area contributed by atoms with Crippen LogP contribution in [0.25, 0.3) is 0 Å². The molecule has 1 aliphatic rings. The first-order chi connectivity index (χ1) is 15.2. The quantitative estimate of drug-likeness (QED) is 0.142. The van der Waals surface area contributed by atoms with Crippen molar-refractivity contribution in [2.75, 3.05) is 6.61 Å². The summed E-state index contributed by atoms with van der Waals surface area (Å²) in [5.74, 6) is -1.02. The third kappa shape index (κ3) is 10.3. The Hall–Kier alpha value is -1.17. The summed E-state index contributed by atoms with van der Waals surface area (Å²) < 4.78 is 25.2. The van der Waals surface area contributed by atoms with Crippen molar-refractivity contribution in [2.24, 2.45) is 16.7 Å². The van der Waals surface area contributed by atoms with Crippen molar-refractivity contribution in [3.63, 3.8) is 0 Å². The van der Waals surface area contributed by atoms with E-state index in [2.05, 4.69) is 0 Å². The minimum Gasteiger partial charge on any atom is -0.308 e. The average molecular weight is 489 g/mol. The molecule has 0 N–H and O–H groups in total. The van der Waals surface area contributed by atoms with E-state index in [0.29, 0.717) is 5.92 Å². The number of hydrogen-bond acceptors (Lipinski definition) is 7. The number of hydrogen-bond donors (Lipinski definition) is 0. The topological polar surface area (TPSA) is 88.1 Å². The van der Waals surface area contributed by atoms with E-state index in [0.717, 1.165) is 12.8 Å². The van der Waals surface area contributed by atoms with Gasteiger partial charge in [-0.25, -0.2) is 19.4 Å². The first kappa shape index (κ1) is 29.9. The van der Waals surface area contributed by atoms with Crippen molar-refractivity contribution in [2.45, 2.75) is 112 Å². The van der Waals surface area contributed by atoms with Gasteiger partial charge in [-0.15, -0.1) is 0 Å². The molecule has 0 spiro atoms. The molecule has 0 radical (unpaired) electrons. The van der Waals surface area contributed by atoms with E-state index in [9.17, 15) is 14.2 Å². The van der Waals surface area contributed by atoms with Crippen molar-refractivity contribution in [1.82, 2.24) is 0 Å². The van der Waals surface area contributed by atoms with Crippen LogP contribution in [0.3, 0.4) is 0 Å². The summed E-state index contributed by atoms with van der Waals surface area (Å²) in [6.45, 7) is 14.6. The van der Waals surface area contributed by atoms with Gasteiger partial charge in [-0.3, -0.25) is 4.57 Å². The van der Waals surface area contributed by atoms with Crippen LogP contribution < -0.4 is 0 Å². The molecule has 0 amide bonds. The molecule has 33 heavy (non-hydrogen) atoms. The highest BCUT2D eigenvalue weighted by Crippen LogP contribution is 2.60. The van der Waals surface area contributed by atoms with Crippen LogP contribution in [0.4, 0.5) is 0 Å². The van der Waals surface area contributed by atoms with E-state index in [1.165, 1.54) is 38.2 Å². The van der Waals surface area contributed by atoms with E-state index in [4.69, 9.17) is 18.8 Å². The molecule has 1 rings (SSSR count). The lowest BCUT2D eigenvalue weighted by molar-refractivity contribution is -0.256. The molecular weight excluding hydrogens is 443 g/mol. The Morgan fingerprint density at radius 2 is 1.61 bits per heavy atom. The van der Waals surface area contributed by atoms with Gasteiger partial charge in [0.05, 0.1) is 12.7 Å². The van der Waals surface area contributed by atoms with Gasteiger partial charge in [0, 0.05) is 6.08 Å². The Labute approximate surface area is 200 Å². The van der Waals surface area contributed by atoms with Crippen LogP contribution in [-0.4, -0.2) is 30.3 Å². The summed E-state index contributed by atoms with van der Waals surface area (Å²) in [6.07, 6.45) is 10.7. The van der Waals surface area contributed by atoms with Gasteiger partial charge in [-0.1, -0.05) is 79.7 Å². The maximum atomic E-state index is 13.8. The van der Waals surface area contributed by atoms with Crippen LogP contribution in [0, 0.1) is 16.7 Å². The molecule has 0 aliphatic heterocycles. The zero-order chi connectivity index (χ0) is 25.3. The largest absolute Gasteiger partial charge is 0.378 e. The fourth-order valence-corrected chi connectivity index (χ4v) is 6.52. The van der Waals surface area contributed by atoms with E-state index >= 15 is 0 Å². The number of carbonyl (C=O) groups excluding carboxylic acids is 2. The molecule has 192 valence electrons. The molecule has 0 aromatic carbocycles. The van der Waals surface area contributed by atoms with Crippen LogP contribution in [0.2, 0.25) is 0 Å². The number of carbonyl (C=O) groups is 2. The molecule has 1 saturated carbocycles. The van der Waals surface area contributed by atoms with E-state index in [-0.39, 0.29) is 12.0 Å². The molecule has 3 unspecified atom stereocenters. The van der Waals surface area contributed by atoms with E-state index in [1.807, 2.05) is 20.8 Å². The van der Waals surface area contributed by atoms with Gasteiger partial charge in [0.25, 0.3) is 0 Å². The fraction of sp³-hybridized carbons (Fsp3) is 0.840. The van der Waals surface area contributed by atoms with E-state index in [1.54, 1.807) is 40.7 Å². The maximum Gasteiger partial charge on any atom is 0.378 e. The molecule has 0 aromatic heterocycles. The minimum atomic E-state index is -3.95. The summed E-state index contributed by atoms with van der Waals surface area (Å²) in [6, 6.07) is 0. The van der Waals surface area contributed by atoms with Crippen LogP contribution in [0.5, 0.6) is 0 Å². The highest BCUT2D eigenvalue weighted by atomic mass is 31.2. The van der Waals surface area contributed by atoms with E-state index < -0.39 is 36.7 Å². The second-order valence-corrected chi connectivity index (χ2v) is 13.2. The van der Waals surface area contributed by atoms with Gasteiger partial charge in [0.15, 0.2) is 5.66 Å². The Morgan fingerprint density at radius 1 is 1.00 bits per heavy atom. The zero-order valence-electron chi connectivity index (χ0n) is 21.8. The SMILES string of the molecule is CCOP(=O)(OC(C)C(C)(C)C)C(C(=O)OOC(=O)/C=C/CCC1CCCCC1)C(C)(C)C. The summed E-state index contributed by atoms with van der Waals surface area (Å²) >= 11 is 0. The smallest absolute Gasteiger partial charge is 0.308 e. The third-order valence-corrected chi connectivity index (χ3v) is 8.97. The second kappa shape index (κ2) is 13.1. The summed E-state index contributed by atoms with van der Waals surface area (Å²) in [4.78, 5) is 34.5. The lowest BCUT2D eigenvalue weighted by Crippen LogP contribution is -2.39. The minimum absolute atomic E-state index is 0.0948. The Morgan fingerprint density at radius 3 is 2.12 bits per heavy atom. The third-order valence-electron chi connectivity index (χ3n) is 6.12. The number of rotatable bonds is 10. The highest BCUT2D eigenvalue weighted by Gasteiger charge is 2.52. The van der Waals surface area contributed by atoms with Crippen LogP contribution in [0.15, 0.2) is 12.2 Å². The van der Waals surface area contributed by atoms with Gasteiger partial charge in [-0.2, -0.15) is 0 Å². The monoisotopic (exact) mass is 488 g/mol. The van der Waals surface area contributed by atoms with Crippen molar-refractivity contribution >= 4 is 19.5 Å². The van der Waals surface area contributed by atoms with Gasteiger partial charge in [0.2, 0.25) is 0 Å². The molecule has 7 nitrogen and oxygen atoms in total. The van der Waals surface area contributed by atoms with Gasteiger partial charge < -0.3 is 9.05 Å². The molecule has 0 heterocycles. The predicted molar refractivity (Wildman–Crippen MR) is 130 cm³/mol. The van der Waals surface area contributed by atoms with Crippen molar-refractivity contribution in [3.05, 3.63) is 12.2 Å². The van der Waals surface area contributed by atoms with Gasteiger partial charge in [-0.05, 0) is 43.4 Å². The molecule has 3 atom stereocenters. The fourth-order valence-electron chi connectivity index (χ4n) is 3.82. The predicted octanol–water partition coefficient (Wildman–Crippen LogP) is 7.00. The first-order valence-electron chi connectivity index (χ1n) is 12.2. The zero-order valence-corrected chi connectivity index (χ0v) is 22.7. The van der Waals surface area contributed by atoms with Gasteiger partial charge >= 0.3 is 19.5 Å². The lowest BCUT2D eigenvalue weighted by Gasteiger charge is -2.37. The maximum absolute atomic E-state index is 13.8. The Kier molecular flexibility index (Phi) is 11.8. The number of allylic oxidation sites excluding steroid dienone is 1. The lowest BCUT2D eigenvalue weighted by atomic mass is 9.86. The first-order valence-corrected chi connectivity index (χ1v) is 13.8. The molecule has 1 aliphatic carbocycles. The van der Waals surface area contributed by atoms with Crippen molar-refractivity contribution < 1.29 is 33.0 Å². The summed E-state index contributed by atoms with van der Waals surface area (Å²) in [5, 5.41) is 0. The average Bonchev–Trinajstić information content (AvgIpc) is 2.68. The normalized spacial score (nSPS) is 19.6. The Bertz CT molecular complexity index is 697. The molecule has 0 bridgehead atoms. The van der Waals surface area contributed by atoms with Crippen LogP contribution in [-0.2, 0) is 33.0 Å². The molecule has 8 heteroatoms.